The van der Waals surface area contributed by atoms with Gasteiger partial charge in [-0.1, -0.05) is 28.1 Å². The molecule has 0 spiro atoms. The maximum Gasteiger partial charge on any atom is 0.272 e. The highest BCUT2D eigenvalue weighted by Gasteiger charge is 2.40. The highest BCUT2D eigenvalue weighted by atomic mass is 79.9. The van der Waals surface area contributed by atoms with Crippen LogP contribution in [0, 0.1) is 5.82 Å². The lowest BCUT2D eigenvalue weighted by Gasteiger charge is -2.15. The molecule has 0 radical (unpaired) electrons. The van der Waals surface area contributed by atoms with Gasteiger partial charge in [0.25, 0.3) is 11.8 Å². The molecule has 1 heterocycles. The maximum absolute atomic E-state index is 13.2. The predicted molar refractivity (Wildman–Crippen MR) is 99.5 cm³/mol. The average molecular weight is 422 g/mol. The lowest BCUT2D eigenvalue weighted by Crippen LogP contribution is -2.31. The highest BCUT2D eigenvalue weighted by Crippen LogP contribution is 2.38. The number of nitrogens with zero attached hydrogens (tertiary/aromatic N) is 1. The van der Waals surface area contributed by atoms with Gasteiger partial charge < -0.3 is 5.11 Å². The summed E-state index contributed by atoms with van der Waals surface area (Å²) in [6.45, 7) is -0.120. The molecule has 0 unspecified atom stereocenters. The molecule has 0 bridgehead atoms. The first-order valence-electron chi connectivity index (χ1n) is 7.41. The molecule has 2 aromatic rings. The lowest BCUT2D eigenvalue weighted by molar-refractivity contribution is -0.119. The molecule has 0 atom stereocenters. The van der Waals surface area contributed by atoms with Crippen LogP contribution in [-0.4, -0.2) is 29.3 Å². The molecule has 0 aromatic heterocycles. The lowest BCUT2D eigenvalue weighted by atomic mass is 10.1. The number of aliphatic hydroxyl groups excluding tert-OH is 1. The fourth-order valence-corrected chi connectivity index (χ4v) is 3.61. The molecular formula is C18H13BrFNO3S. The average Bonchev–Trinajstić information content (AvgIpc) is 2.85. The Morgan fingerprint density at radius 2 is 1.64 bits per heavy atom. The smallest absolute Gasteiger partial charge is 0.272 e. The summed E-state index contributed by atoms with van der Waals surface area (Å²) >= 11 is 4.44. The van der Waals surface area contributed by atoms with E-state index >= 15 is 0 Å². The zero-order valence-electron chi connectivity index (χ0n) is 12.9. The van der Waals surface area contributed by atoms with Gasteiger partial charge in [0.1, 0.15) is 5.82 Å². The first-order chi connectivity index (χ1) is 12.0. The van der Waals surface area contributed by atoms with Crippen LogP contribution in [-0.2, 0) is 9.59 Å². The van der Waals surface area contributed by atoms with E-state index in [0.29, 0.717) is 11.3 Å². The first-order valence-corrected chi connectivity index (χ1v) is 9.19. The van der Waals surface area contributed by atoms with Crippen LogP contribution in [0.4, 0.5) is 10.1 Å². The minimum Gasteiger partial charge on any atom is -0.396 e. The Morgan fingerprint density at radius 1 is 1.00 bits per heavy atom. The van der Waals surface area contributed by atoms with Crippen molar-refractivity contribution in [2.75, 3.05) is 17.3 Å². The summed E-state index contributed by atoms with van der Waals surface area (Å²) in [5, 5.41) is 9.08. The summed E-state index contributed by atoms with van der Waals surface area (Å²) in [6, 6.07) is 12.3. The molecule has 4 nitrogen and oxygen atoms in total. The third kappa shape index (κ3) is 3.53. The number of amides is 2. The molecule has 3 rings (SSSR count). The van der Waals surface area contributed by atoms with Crippen LogP contribution in [0.15, 0.2) is 57.9 Å². The number of carbonyl (C=O) groups is 2. The van der Waals surface area contributed by atoms with Crippen LogP contribution in [0.25, 0.3) is 5.57 Å². The first kappa shape index (κ1) is 17.8. The van der Waals surface area contributed by atoms with Crippen molar-refractivity contribution in [1.82, 2.24) is 0 Å². The molecule has 128 valence electrons. The van der Waals surface area contributed by atoms with Gasteiger partial charge in [-0.15, -0.1) is 11.8 Å². The number of hydrogen-bond donors (Lipinski definition) is 1. The summed E-state index contributed by atoms with van der Waals surface area (Å²) in [5.41, 5.74) is 1.16. The van der Waals surface area contributed by atoms with E-state index in [2.05, 4.69) is 15.9 Å². The van der Waals surface area contributed by atoms with Crippen molar-refractivity contribution < 1.29 is 19.1 Å². The summed E-state index contributed by atoms with van der Waals surface area (Å²) in [5.74, 6) is -1.03. The number of thioether (sulfide) groups is 1. The van der Waals surface area contributed by atoms with Gasteiger partial charge in [0.2, 0.25) is 0 Å². The normalized spacial score (nSPS) is 14.6. The molecule has 0 aliphatic carbocycles. The van der Waals surface area contributed by atoms with E-state index in [4.69, 9.17) is 5.11 Å². The van der Waals surface area contributed by atoms with Crippen LogP contribution < -0.4 is 4.90 Å². The van der Waals surface area contributed by atoms with E-state index < -0.39 is 17.6 Å². The SMILES string of the molecule is O=C1C(SCCO)=C(c2ccc(F)cc2)C(=O)N1c1ccc(Br)cc1. The third-order valence-corrected chi connectivity index (χ3v) is 5.18. The molecule has 0 saturated carbocycles. The van der Waals surface area contributed by atoms with Crippen molar-refractivity contribution in [3.63, 3.8) is 0 Å². The molecule has 25 heavy (non-hydrogen) atoms. The van der Waals surface area contributed by atoms with Gasteiger partial charge in [0.05, 0.1) is 22.8 Å². The Kier molecular flexibility index (Phi) is 5.36. The number of aliphatic hydroxyl groups is 1. The summed E-state index contributed by atoms with van der Waals surface area (Å²) < 4.78 is 14.0. The number of benzene rings is 2. The molecule has 0 fully saturated rings. The van der Waals surface area contributed by atoms with E-state index in [1.54, 1.807) is 24.3 Å². The second kappa shape index (κ2) is 7.51. The van der Waals surface area contributed by atoms with Crippen LogP contribution in [0.3, 0.4) is 0 Å². The zero-order valence-corrected chi connectivity index (χ0v) is 15.3. The summed E-state index contributed by atoms with van der Waals surface area (Å²) in [6.07, 6.45) is 0. The van der Waals surface area contributed by atoms with E-state index in [9.17, 15) is 14.0 Å². The van der Waals surface area contributed by atoms with E-state index in [1.807, 2.05) is 0 Å². The zero-order chi connectivity index (χ0) is 18.0. The topological polar surface area (TPSA) is 57.6 Å². The molecule has 1 N–H and O–H groups in total. The number of rotatable bonds is 5. The molecule has 2 amide bonds. The van der Waals surface area contributed by atoms with Gasteiger partial charge >= 0.3 is 0 Å². The number of imide groups is 1. The largest absolute Gasteiger partial charge is 0.396 e. The fraction of sp³-hybridized carbons (Fsp3) is 0.111. The Labute approximate surface area is 156 Å². The third-order valence-electron chi connectivity index (χ3n) is 3.60. The second-order valence-corrected chi connectivity index (χ2v) is 7.23. The van der Waals surface area contributed by atoms with Gasteiger partial charge in [-0.05, 0) is 42.0 Å². The highest BCUT2D eigenvalue weighted by molar-refractivity contribution is 9.10. The number of anilines is 1. The molecule has 1 aliphatic heterocycles. The van der Waals surface area contributed by atoms with Gasteiger partial charge in [-0.25, -0.2) is 9.29 Å². The van der Waals surface area contributed by atoms with Crippen LogP contribution in [0.2, 0.25) is 0 Å². The Bertz CT molecular complexity index is 850. The van der Waals surface area contributed by atoms with Gasteiger partial charge in [-0.3, -0.25) is 9.59 Å². The predicted octanol–water partition coefficient (Wildman–Crippen LogP) is 3.60. The van der Waals surface area contributed by atoms with Gasteiger partial charge in [0, 0.05) is 10.2 Å². The van der Waals surface area contributed by atoms with Gasteiger partial charge in [0.15, 0.2) is 0 Å². The minimum absolute atomic E-state index is 0.120. The molecule has 7 heteroatoms. The Hall–Kier alpha value is -1.96. The van der Waals surface area contributed by atoms with Crippen molar-refractivity contribution in [3.8, 4) is 0 Å². The fourth-order valence-electron chi connectivity index (χ4n) is 2.49. The molecule has 1 aliphatic rings. The number of carbonyl (C=O) groups excluding carboxylic acids is 2. The van der Waals surface area contributed by atoms with Crippen molar-refractivity contribution in [2.24, 2.45) is 0 Å². The van der Waals surface area contributed by atoms with Crippen molar-refractivity contribution in [1.29, 1.82) is 0 Å². The Morgan fingerprint density at radius 3 is 2.24 bits per heavy atom. The minimum atomic E-state index is -0.459. The van der Waals surface area contributed by atoms with E-state index in [-0.39, 0.29) is 22.8 Å². The molecule has 0 saturated heterocycles. The molecular weight excluding hydrogens is 409 g/mol. The monoisotopic (exact) mass is 421 g/mol. The van der Waals surface area contributed by atoms with Crippen LogP contribution in [0.5, 0.6) is 0 Å². The standard InChI is InChI=1S/C18H13BrFNO3S/c19-12-3-7-14(8-4-12)21-17(23)15(11-1-5-13(20)6-2-11)16(18(21)24)25-10-9-22/h1-8,22H,9-10H2. The number of halogens is 2. The van der Waals surface area contributed by atoms with Crippen LogP contribution in [0.1, 0.15) is 5.56 Å². The van der Waals surface area contributed by atoms with Crippen LogP contribution >= 0.6 is 27.7 Å². The maximum atomic E-state index is 13.2. The molecule has 2 aromatic carbocycles. The number of hydrogen-bond acceptors (Lipinski definition) is 4. The summed E-state index contributed by atoms with van der Waals surface area (Å²) in [7, 11) is 0. The van der Waals surface area contributed by atoms with Crippen molar-refractivity contribution >= 4 is 50.8 Å². The Balaban J connectivity index is 2.05. The van der Waals surface area contributed by atoms with Crippen molar-refractivity contribution in [2.45, 2.75) is 0 Å². The summed E-state index contributed by atoms with van der Waals surface area (Å²) in [4.78, 5) is 27.1. The van der Waals surface area contributed by atoms with E-state index in [1.165, 1.54) is 24.3 Å². The van der Waals surface area contributed by atoms with Gasteiger partial charge in [-0.2, -0.15) is 0 Å². The van der Waals surface area contributed by atoms with Crippen molar-refractivity contribution in [3.05, 3.63) is 69.3 Å². The van der Waals surface area contributed by atoms with E-state index in [0.717, 1.165) is 21.1 Å². The second-order valence-electron chi connectivity index (χ2n) is 5.21. The quantitative estimate of drug-likeness (QED) is 0.749.